The lowest BCUT2D eigenvalue weighted by molar-refractivity contribution is -0.140. The highest BCUT2D eigenvalue weighted by Crippen LogP contribution is 2.35. The van der Waals surface area contributed by atoms with Crippen molar-refractivity contribution in [1.82, 2.24) is 4.90 Å². The number of likely N-dealkylation sites (tertiary alicyclic amines) is 1. The van der Waals surface area contributed by atoms with E-state index in [4.69, 9.17) is 9.47 Å². The van der Waals surface area contributed by atoms with Gasteiger partial charge >= 0.3 is 0 Å². The van der Waals surface area contributed by atoms with Gasteiger partial charge in [0, 0.05) is 30.4 Å². The second-order valence-corrected chi connectivity index (χ2v) is 8.98. The fraction of sp³-hybridized carbons (Fsp3) is 0.333. The van der Waals surface area contributed by atoms with Gasteiger partial charge in [-0.05, 0) is 56.2 Å². The summed E-state index contributed by atoms with van der Waals surface area (Å²) in [6.07, 6.45) is 1.25. The molecule has 2 aromatic rings. The molecule has 1 saturated heterocycles. The minimum Gasteiger partial charge on any atom is -0.485 e. The van der Waals surface area contributed by atoms with Gasteiger partial charge in [0.25, 0.3) is 15.9 Å². The van der Waals surface area contributed by atoms with Crippen LogP contribution >= 0.6 is 0 Å². The number of sulfonamides is 1. The first-order valence-electron chi connectivity index (χ1n) is 9.69. The third kappa shape index (κ3) is 4.11. The number of benzene rings is 2. The van der Waals surface area contributed by atoms with Crippen LogP contribution in [0.15, 0.2) is 47.4 Å². The Labute approximate surface area is 174 Å². The standard InChI is InChI=1S/C21H22N2O6S/c1-14(24)15-4-6-16(7-5-15)22-30(26,27)17-8-9-18-19(12-17)28-13-20(29-18)21(25)23-10-2-3-11-23/h4-9,12,20,22H,2-3,10-11,13H2,1H3/t20-/m1/s1. The van der Waals surface area contributed by atoms with E-state index in [2.05, 4.69) is 4.72 Å². The number of nitrogens with zero attached hydrogens (tertiary/aromatic N) is 1. The number of hydrogen-bond acceptors (Lipinski definition) is 6. The van der Waals surface area contributed by atoms with Crippen molar-refractivity contribution >= 4 is 27.4 Å². The number of fused-ring (bicyclic) bond motifs is 1. The zero-order valence-electron chi connectivity index (χ0n) is 16.5. The number of rotatable bonds is 5. The van der Waals surface area contributed by atoms with E-state index < -0.39 is 16.1 Å². The first kappa shape index (κ1) is 20.2. The van der Waals surface area contributed by atoms with Gasteiger partial charge in [-0.25, -0.2) is 8.42 Å². The maximum atomic E-state index is 12.7. The molecule has 1 atom stereocenters. The van der Waals surface area contributed by atoms with Gasteiger partial charge < -0.3 is 14.4 Å². The van der Waals surface area contributed by atoms with E-state index in [1.807, 2.05) is 0 Å². The fourth-order valence-corrected chi connectivity index (χ4v) is 4.54. The smallest absolute Gasteiger partial charge is 0.267 e. The zero-order valence-corrected chi connectivity index (χ0v) is 17.3. The Morgan fingerprint density at radius 1 is 1.03 bits per heavy atom. The lowest BCUT2D eigenvalue weighted by Gasteiger charge is -2.28. The summed E-state index contributed by atoms with van der Waals surface area (Å²) < 4.78 is 39.3. The highest BCUT2D eigenvalue weighted by molar-refractivity contribution is 7.92. The Morgan fingerprint density at radius 2 is 1.73 bits per heavy atom. The molecule has 0 unspecified atom stereocenters. The van der Waals surface area contributed by atoms with E-state index in [0.29, 0.717) is 17.0 Å². The van der Waals surface area contributed by atoms with Crippen LogP contribution in [0.25, 0.3) is 0 Å². The maximum Gasteiger partial charge on any atom is 0.267 e. The van der Waals surface area contributed by atoms with Crippen molar-refractivity contribution < 1.29 is 27.5 Å². The Bertz CT molecular complexity index is 1080. The van der Waals surface area contributed by atoms with Gasteiger partial charge in [0.15, 0.2) is 17.3 Å². The third-order valence-corrected chi connectivity index (χ3v) is 6.50. The summed E-state index contributed by atoms with van der Waals surface area (Å²) in [5, 5.41) is 0. The molecule has 0 spiro atoms. The number of hydrogen-bond donors (Lipinski definition) is 1. The largest absolute Gasteiger partial charge is 0.485 e. The molecule has 2 aliphatic heterocycles. The molecule has 0 bridgehead atoms. The average Bonchev–Trinajstić information content (AvgIpc) is 3.27. The molecule has 2 aromatic carbocycles. The van der Waals surface area contributed by atoms with Crippen LogP contribution in [-0.2, 0) is 14.8 Å². The van der Waals surface area contributed by atoms with Crippen molar-refractivity contribution in [2.24, 2.45) is 0 Å². The van der Waals surface area contributed by atoms with Gasteiger partial charge in [0.2, 0.25) is 6.10 Å². The molecule has 30 heavy (non-hydrogen) atoms. The van der Waals surface area contributed by atoms with E-state index in [-0.39, 0.29) is 28.9 Å². The van der Waals surface area contributed by atoms with Crippen LogP contribution in [-0.4, -0.2) is 50.8 Å². The molecule has 9 heteroatoms. The minimum atomic E-state index is -3.87. The Hall–Kier alpha value is -3.07. The molecule has 0 aromatic heterocycles. The Kier molecular flexibility index (Phi) is 5.38. The topological polar surface area (TPSA) is 102 Å². The molecule has 4 rings (SSSR count). The van der Waals surface area contributed by atoms with E-state index in [1.165, 1.54) is 37.3 Å². The summed E-state index contributed by atoms with van der Waals surface area (Å²) in [6.45, 7) is 2.92. The summed E-state index contributed by atoms with van der Waals surface area (Å²) in [5.74, 6) is 0.405. The van der Waals surface area contributed by atoms with Gasteiger partial charge in [-0.15, -0.1) is 0 Å². The van der Waals surface area contributed by atoms with Crippen LogP contribution in [0.4, 0.5) is 5.69 Å². The minimum absolute atomic E-state index is 0.00446. The molecule has 0 aliphatic carbocycles. The summed E-state index contributed by atoms with van der Waals surface area (Å²) >= 11 is 0. The number of anilines is 1. The summed E-state index contributed by atoms with van der Waals surface area (Å²) in [5.41, 5.74) is 0.835. The highest BCUT2D eigenvalue weighted by Gasteiger charge is 2.33. The average molecular weight is 430 g/mol. The van der Waals surface area contributed by atoms with Crippen LogP contribution in [0.2, 0.25) is 0 Å². The monoisotopic (exact) mass is 430 g/mol. The van der Waals surface area contributed by atoms with Crippen molar-refractivity contribution in [2.45, 2.75) is 30.8 Å². The molecule has 1 amide bonds. The molecule has 1 fully saturated rings. The van der Waals surface area contributed by atoms with E-state index >= 15 is 0 Å². The van der Waals surface area contributed by atoms with Gasteiger partial charge in [0.1, 0.15) is 6.61 Å². The third-order valence-electron chi connectivity index (χ3n) is 5.12. The predicted molar refractivity (Wildman–Crippen MR) is 109 cm³/mol. The molecular formula is C21H22N2O6S. The van der Waals surface area contributed by atoms with E-state index in [0.717, 1.165) is 25.9 Å². The molecular weight excluding hydrogens is 408 g/mol. The molecule has 8 nitrogen and oxygen atoms in total. The number of carbonyl (C=O) groups is 2. The lowest BCUT2D eigenvalue weighted by Crippen LogP contribution is -2.45. The van der Waals surface area contributed by atoms with Crippen LogP contribution in [0.5, 0.6) is 11.5 Å². The molecule has 158 valence electrons. The van der Waals surface area contributed by atoms with Crippen molar-refractivity contribution in [3.63, 3.8) is 0 Å². The quantitative estimate of drug-likeness (QED) is 0.731. The van der Waals surface area contributed by atoms with Gasteiger partial charge in [-0.2, -0.15) is 0 Å². The van der Waals surface area contributed by atoms with Crippen molar-refractivity contribution in [3.05, 3.63) is 48.0 Å². The second kappa shape index (κ2) is 7.98. The number of amides is 1. The summed E-state index contributed by atoms with van der Waals surface area (Å²) in [7, 11) is -3.87. The van der Waals surface area contributed by atoms with Crippen molar-refractivity contribution in [2.75, 3.05) is 24.4 Å². The van der Waals surface area contributed by atoms with Gasteiger partial charge in [-0.3, -0.25) is 14.3 Å². The number of nitrogens with one attached hydrogen (secondary N) is 1. The van der Waals surface area contributed by atoms with Crippen molar-refractivity contribution in [3.8, 4) is 11.5 Å². The van der Waals surface area contributed by atoms with Crippen LogP contribution in [0, 0.1) is 0 Å². The van der Waals surface area contributed by atoms with Crippen LogP contribution in [0.3, 0.4) is 0 Å². The first-order valence-corrected chi connectivity index (χ1v) is 11.2. The molecule has 1 N–H and O–H groups in total. The lowest BCUT2D eigenvalue weighted by atomic mass is 10.1. The number of ketones is 1. The van der Waals surface area contributed by atoms with Crippen LogP contribution in [0.1, 0.15) is 30.1 Å². The number of carbonyl (C=O) groups excluding carboxylic acids is 2. The van der Waals surface area contributed by atoms with Crippen molar-refractivity contribution in [1.29, 1.82) is 0 Å². The highest BCUT2D eigenvalue weighted by atomic mass is 32.2. The number of Topliss-reactive ketones (excluding diaryl/α,β-unsaturated/α-hetero) is 1. The number of ether oxygens (including phenoxy) is 2. The van der Waals surface area contributed by atoms with Gasteiger partial charge in [0.05, 0.1) is 4.90 Å². The Morgan fingerprint density at radius 3 is 2.40 bits per heavy atom. The van der Waals surface area contributed by atoms with Crippen LogP contribution < -0.4 is 14.2 Å². The van der Waals surface area contributed by atoms with E-state index in [9.17, 15) is 18.0 Å². The molecule has 0 radical (unpaired) electrons. The predicted octanol–water partition coefficient (Wildman–Crippen LogP) is 2.45. The Balaban J connectivity index is 1.48. The fourth-order valence-electron chi connectivity index (χ4n) is 3.47. The van der Waals surface area contributed by atoms with Gasteiger partial charge in [-0.1, -0.05) is 0 Å². The van der Waals surface area contributed by atoms with E-state index in [1.54, 1.807) is 17.0 Å². The molecule has 0 saturated carbocycles. The summed E-state index contributed by atoms with van der Waals surface area (Å²) in [6, 6.07) is 10.4. The normalized spacial score (nSPS) is 18.2. The molecule has 2 aliphatic rings. The summed E-state index contributed by atoms with van der Waals surface area (Å²) in [4.78, 5) is 25.6. The second-order valence-electron chi connectivity index (χ2n) is 7.30. The zero-order chi connectivity index (χ0) is 21.3. The maximum absolute atomic E-state index is 12.7. The first-order chi connectivity index (χ1) is 14.3. The molecule has 2 heterocycles. The SMILES string of the molecule is CC(=O)c1ccc(NS(=O)(=O)c2ccc3c(c2)OC[C@H](C(=O)N2CCCC2)O3)cc1.